The van der Waals surface area contributed by atoms with Crippen LogP contribution in [0.3, 0.4) is 0 Å². The van der Waals surface area contributed by atoms with Crippen molar-refractivity contribution >= 4 is 23.1 Å². The topological polar surface area (TPSA) is 0 Å². The summed E-state index contributed by atoms with van der Waals surface area (Å²) in [5.74, 6) is -22.0. The van der Waals surface area contributed by atoms with Crippen molar-refractivity contribution in [2.45, 2.75) is 0 Å². The molecule has 2 aromatic carbocycles. The molecular weight excluding hydrogens is 419 g/mol. The maximum atomic E-state index is 13.4. The van der Waals surface area contributed by atoms with Crippen molar-refractivity contribution < 1.29 is 56.5 Å². The molecule has 0 atom stereocenters. The average Bonchev–Trinajstić information content (AvgIpc) is 2.44. The van der Waals surface area contributed by atoms with Crippen LogP contribution < -0.4 is 17.0 Å². The summed E-state index contributed by atoms with van der Waals surface area (Å²) in [5.41, 5.74) is -4.18. The Balaban J connectivity index is 0.00000242. The van der Waals surface area contributed by atoms with Crippen molar-refractivity contribution in [2.24, 2.45) is 0 Å². The predicted octanol–water partition coefficient (Wildman–Crippen LogP) is 1.03. The van der Waals surface area contributed by atoms with Crippen molar-refractivity contribution in [1.29, 1.82) is 0 Å². The Bertz CT molecular complexity index is 708. The van der Waals surface area contributed by atoms with Gasteiger partial charge in [0.05, 0.1) is 11.6 Å². The van der Waals surface area contributed by atoms with Gasteiger partial charge in [-0.1, -0.05) is 0 Å². The summed E-state index contributed by atoms with van der Waals surface area (Å²) in [5, 5.41) is 0. The van der Waals surface area contributed by atoms with Gasteiger partial charge >= 0.3 is 23.1 Å². The molecule has 0 aliphatic heterocycles. The number of hydrogen-bond acceptors (Lipinski definition) is 0. The molecule has 2 rings (SSSR count). The van der Waals surface area contributed by atoms with Gasteiger partial charge in [-0.25, -0.2) is 30.7 Å². The van der Waals surface area contributed by atoms with Gasteiger partial charge in [-0.3, -0.25) is 8.78 Å². The first kappa shape index (κ1) is 22.1. The van der Waals surface area contributed by atoms with Gasteiger partial charge in [-0.2, -0.15) is 0 Å². The van der Waals surface area contributed by atoms with Crippen molar-refractivity contribution in [3.8, 4) is 11.1 Å². The van der Waals surface area contributed by atoms with Crippen molar-refractivity contribution in [3.63, 3.8) is 0 Å². The molecule has 0 heterocycles. The summed E-state index contributed by atoms with van der Waals surface area (Å²) in [7, 11) is 0. The van der Waals surface area contributed by atoms with E-state index >= 15 is 0 Å². The minimum atomic E-state index is -2.60. The number of benzene rings is 2. The van der Waals surface area contributed by atoms with Crippen LogP contribution in [0, 0.1) is 58.4 Å². The van der Waals surface area contributed by atoms with E-state index in [-0.39, 0.29) is 40.0 Å². The zero-order valence-electron chi connectivity index (χ0n) is 10.5. The molecule has 0 spiro atoms. The van der Waals surface area contributed by atoms with Crippen LogP contribution in [0.5, 0.6) is 0 Å². The van der Waals surface area contributed by atoms with Crippen LogP contribution in [0.15, 0.2) is 0 Å². The fraction of sp³-hybridized carbons (Fsp3) is 0. The predicted molar refractivity (Wildman–Crippen MR) is 56.1 cm³/mol. The van der Waals surface area contributed by atoms with Crippen molar-refractivity contribution in [3.05, 3.63) is 58.4 Å². The third-order valence-corrected chi connectivity index (χ3v) is 2.50. The van der Waals surface area contributed by atoms with Gasteiger partial charge < -0.3 is 17.0 Å². The molecule has 0 radical (unpaired) electrons. The molecule has 0 saturated carbocycles. The molecule has 0 fully saturated rings. The minimum Gasteiger partial charge on any atom is -1.00 e. The molecule has 0 aromatic heterocycles. The Hall–Kier alpha value is -0.944. The third kappa shape index (κ3) is 3.45. The standard InChI is InChI=1S/C12F9.BrH.Mg/c13-2-1-3(14)7(16)4(6(2)15)5-8(17)10(19)12(21)11(20)9(5)18;;/h;1H;/q-1;;+2/p-1. The summed E-state index contributed by atoms with van der Waals surface area (Å²) in [6.45, 7) is 0. The molecule has 2 aromatic rings. The second-order valence-corrected chi connectivity index (χ2v) is 3.70. The molecule has 0 amide bonds. The third-order valence-electron chi connectivity index (χ3n) is 2.50. The number of hydrogen-bond donors (Lipinski definition) is 0. The van der Waals surface area contributed by atoms with E-state index in [0.29, 0.717) is 0 Å². The number of rotatable bonds is 1. The SMILES string of the molecule is Fc1[c-]c(F)c(F)c(-c2c(F)c(F)c(F)c(F)c2F)c1F.[Br-].[Mg+2]. The average molecular weight is 419 g/mol. The van der Waals surface area contributed by atoms with E-state index in [1.54, 1.807) is 0 Å². The summed E-state index contributed by atoms with van der Waals surface area (Å²) >= 11 is 0. The van der Waals surface area contributed by atoms with E-state index < -0.39 is 63.5 Å². The molecule has 120 valence electrons. The zero-order chi connectivity index (χ0) is 16.1. The zero-order valence-corrected chi connectivity index (χ0v) is 13.5. The summed E-state index contributed by atoms with van der Waals surface area (Å²) < 4.78 is 118. The Kier molecular flexibility index (Phi) is 7.43. The van der Waals surface area contributed by atoms with Gasteiger partial charge in [0.25, 0.3) is 0 Å². The Morgan fingerprint density at radius 2 is 0.696 bits per heavy atom. The van der Waals surface area contributed by atoms with Gasteiger partial charge in [-0.05, 0) is 5.56 Å². The van der Waals surface area contributed by atoms with Gasteiger partial charge in [0, 0.05) is 17.2 Å². The molecule has 0 bridgehead atoms. The van der Waals surface area contributed by atoms with Crippen LogP contribution in [0.1, 0.15) is 0 Å². The Morgan fingerprint density at radius 3 is 1.04 bits per heavy atom. The van der Waals surface area contributed by atoms with Gasteiger partial charge in [0.2, 0.25) is 5.82 Å². The molecule has 0 nitrogen and oxygen atoms in total. The number of halogens is 10. The van der Waals surface area contributed by atoms with Crippen molar-refractivity contribution in [1.82, 2.24) is 0 Å². The first-order chi connectivity index (χ1) is 9.68. The smallest absolute Gasteiger partial charge is 1.00 e. The molecule has 0 unspecified atom stereocenters. The van der Waals surface area contributed by atoms with Crippen LogP contribution in [0.2, 0.25) is 0 Å². The fourth-order valence-corrected chi connectivity index (χ4v) is 1.57. The van der Waals surface area contributed by atoms with Gasteiger partial charge in [0.1, 0.15) is 0 Å². The maximum Gasteiger partial charge on any atom is 2.00 e. The first-order valence-electron chi connectivity index (χ1n) is 4.95. The van der Waals surface area contributed by atoms with Crippen LogP contribution in [-0.4, -0.2) is 23.1 Å². The second kappa shape index (κ2) is 7.75. The normalized spacial score (nSPS) is 10.1. The molecule has 23 heavy (non-hydrogen) atoms. The van der Waals surface area contributed by atoms with E-state index in [1.165, 1.54) is 0 Å². The van der Waals surface area contributed by atoms with Gasteiger partial charge in [0.15, 0.2) is 23.3 Å². The minimum absolute atomic E-state index is 0. The quantitative estimate of drug-likeness (QED) is 0.213. The first-order valence-corrected chi connectivity index (χ1v) is 4.95. The Morgan fingerprint density at radius 1 is 0.435 bits per heavy atom. The molecule has 0 saturated heterocycles. The van der Waals surface area contributed by atoms with E-state index in [2.05, 4.69) is 0 Å². The van der Waals surface area contributed by atoms with E-state index in [9.17, 15) is 39.5 Å². The van der Waals surface area contributed by atoms with Crippen LogP contribution in [-0.2, 0) is 0 Å². The monoisotopic (exact) mass is 418 g/mol. The van der Waals surface area contributed by atoms with Crippen LogP contribution >= 0.6 is 0 Å². The largest absolute Gasteiger partial charge is 2.00 e. The van der Waals surface area contributed by atoms with E-state index in [1.807, 2.05) is 0 Å². The molecule has 0 aliphatic rings. The van der Waals surface area contributed by atoms with Crippen molar-refractivity contribution in [2.75, 3.05) is 0 Å². The van der Waals surface area contributed by atoms with E-state index in [4.69, 9.17) is 0 Å². The summed E-state index contributed by atoms with van der Waals surface area (Å²) in [6.07, 6.45) is 0. The fourth-order valence-electron chi connectivity index (χ4n) is 1.57. The van der Waals surface area contributed by atoms with Crippen LogP contribution in [0.4, 0.5) is 39.5 Å². The Labute approximate surface area is 149 Å². The molecule has 0 aliphatic carbocycles. The molecule has 0 N–H and O–H groups in total. The van der Waals surface area contributed by atoms with Gasteiger partial charge in [-0.15, -0.1) is 6.07 Å². The second-order valence-electron chi connectivity index (χ2n) is 3.70. The maximum absolute atomic E-state index is 13.4. The molecule has 11 heteroatoms. The van der Waals surface area contributed by atoms with E-state index in [0.717, 1.165) is 6.07 Å². The summed E-state index contributed by atoms with van der Waals surface area (Å²) in [4.78, 5) is 0. The van der Waals surface area contributed by atoms with Crippen LogP contribution in [0.25, 0.3) is 11.1 Å². The molecular formula is C12BrF9Mg. The summed E-state index contributed by atoms with van der Waals surface area (Å²) in [6, 6.07) is 0.907.